The molecule has 0 saturated heterocycles. The molecular weight excluding hydrogens is 344 g/mol. The zero-order valence-corrected chi connectivity index (χ0v) is 14.0. The van der Waals surface area contributed by atoms with Crippen molar-refractivity contribution in [3.05, 3.63) is 64.0 Å². The third kappa shape index (κ3) is 2.64. The first-order chi connectivity index (χ1) is 10.6. The fourth-order valence-corrected chi connectivity index (χ4v) is 3.22. The zero-order valence-electron chi connectivity index (χ0n) is 12.4. The van der Waals surface area contributed by atoms with Crippen molar-refractivity contribution in [3.8, 4) is 0 Å². The van der Waals surface area contributed by atoms with Crippen LogP contribution in [0, 0.1) is 0 Å². The van der Waals surface area contributed by atoms with Crippen LogP contribution in [-0.4, -0.2) is 18.1 Å². The van der Waals surface area contributed by atoms with Gasteiger partial charge < -0.3 is 9.72 Å². The van der Waals surface area contributed by atoms with Crippen LogP contribution in [-0.2, 0) is 18.2 Å². The van der Waals surface area contributed by atoms with Crippen molar-refractivity contribution in [2.24, 2.45) is 7.05 Å². The first-order valence-electron chi connectivity index (χ1n) is 6.91. The van der Waals surface area contributed by atoms with Crippen LogP contribution in [0.2, 0.25) is 0 Å². The molecule has 5 heteroatoms. The summed E-state index contributed by atoms with van der Waals surface area (Å²) in [6.45, 7) is 0. The number of rotatable bonds is 3. The number of carbonyl (C=O) groups excluding carboxylic acids is 1. The van der Waals surface area contributed by atoms with E-state index in [-0.39, 0.29) is 5.97 Å². The molecule has 112 valence electrons. The number of aromatic amines is 1. The van der Waals surface area contributed by atoms with Crippen molar-refractivity contribution in [1.82, 2.24) is 4.98 Å². The number of nitrogens with one attached hydrogen (secondary N) is 1. The van der Waals surface area contributed by atoms with Gasteiger partial charge >= 0.3 is 5.97 Å². The lowest BCUT2D eigenvalue weighted by Crippen LogP contribution is -2.34. The highest BCUT2D eigenvalue weighted by molar-refractivity contribution is 9.10. The summed E-state index contributed by atoms with van der Waals surface area (Å²) in [5.41, 5.74) is 3.99. The van der Waals surface area contributed by atoms with E-state index in [9.17, 15) is 4.79 Å². The number of benzene rings is 1. The summed E-state index contributed by atoms with van der Waals surface area (Å²) >= 11 is 3.61. The number of nitrogens with zero attached hydrogens (tertiary/aromatic N) is 1. The van der Waals surface area contributed by atoms with Crippen molar-refractivity contribution in [3.63, 3.8) is 0 Å². The molecule has 22 heavy (non-hydrogen) atoms. The summed E-state index contributed by atoms with van der Waals surface area (Å²) < 4.78 is 7.79. The number of carbonyl (C=O) groups is 1. The Hall–Kier alpha value is -2.14. The van der Waals surface area contributed by atoms with Crippen LogP contribution in [0.4, 0.5) is 0 Å². The van der Waals surface area contributed by atoms with Gasteiger partial charge in [0, 0.05) is 27.6 Å². The van der Waals surface area contributed by atoms with Crippen LogP contribution in [0.25, 0.3) is 10.9 Å². The average molecular weight is 360 g/mol. The van der Waals surface area contributed by atoms with Crippen LogP contribution >= 0.6 is 15.9 Å². The molecule has 1 aromatic carbocycles. The van der Waals surface area contributed by atoms with Crippen LogP contribution in [0.3, 0.4) is 0 Å². The number of aryl methyl sites for hydroxylation is 1. The number of hydrogen-bond donors (Lipinski definition) is 1. The molecule has 2 heterocycles. The number of pyridine rings is 1. The molecule has 2 aromatic heterocycles. The summed E-state index contributed by atoms with van der Waals surface area (Å²) in [6.07, 6.45) is 4.61. The Morgan fingerprint density at radius 3 is 2.86 bits per heavy atom. The number of H-pyrrole nitrogens is 1. The highest BCUT2D eigenvalue weighted by Crippen LogP contribution is 2.28. The van der Waals surface area contributed by atoms with Gasteiger partial charge in [-0.3, -0.25) is 0 Å². The molecule has 3 aromatic rings. The molecule has 0 atom stereocenters. The SMILES string of the molecule is COC(=O)c1ccc(Cc2c[nH]c3cccc(Br)c23)[n+](C)c1. The van der Waals surface area contributed by atoms with Gasteiger partial charge in [0.15, 0.2) is 11.9 Å². The maximum Gasteiger partial charge on any atom is 0.343 e. The van der Waals surface area contributed by atoms with Gasteiger partial charge in [0.05, 0.1) is 13.5 Å². The minimum atomic E-state index is -0.322. The van der Waals surface area contributed by atoms with E-state index >= 15 is 0 Å². The standard InChI is InChI=1S/C17H16BrN2O2/c1-20-10-11(17(21)22-2)6-7-13(20)8-12-9-19-15-5-3-4-14(18)16(12)15/h3-7,9-10,19H,8H2,1-2H3/q+1. The van der Waals surface area contributed by atoms with Gasteiger partial charge in [-0.25, -0.2) is 9.36 Å². The Bertz CT molecular complexity index is 855. The number of methoxy groups -OCH3 is 1. The molecule has 0 spiro atoms. The van der Waals surface area contributed by atoms with Gasteiger partial charge in [-0.15, -0.1) is 0 Å². The van der Waals surface area contributed by atoms with Gasteiger partial charge in [0.1, 0.15) is 12.6 Å². The second kappa shape index (κ2) is 5.93. The van der Waals surface area contributed by atoms with E-state index in [1.807, 2.05) is 36.0 Å². The van der Waals surface area contributed by atoms with Gasteiger partial charge in [0.2, 0.25) is 0 Å². The second-order valence-corrected chi connectivity index (χ2v) is 6.02. The second-order valence-electron chi connectivity index (χ2n) is 5.16. The molecule has 0 aliphatic heterocycles. The summed E-state index contributed by atoms with van der Waals surface area (Å²) in [7, 11) is 3.32. The Labute approximate surface area is 136 Å². The quantitative estimate of drug-likeness (QED) is 0.576. The van der Waals surface area contributed by atoms with Crippen molar-refractivity contribution < 1.29 is 14.1 Å². The molecule has 3 rings (SSSR count). The summed E-state index contributed by atoms with van der Waals surface area (Å²) in [5, 5.41) is 1.19. The smallest absolute Gasteiger partial charge is 0.343 e. The third-order valence-corrected chi connectivity index (χ3v) is 4.43. The molecule has 0 bridgehead atoms. The molecular formula is C17H16BrN2O2+. The maximum absolute atomic E-state index is 11.6. The summed E-state index contributed by atoms with van der Waals surface area (Å²) in [5.74, 6) is -0.322. The average Bonchev–Trinajstić information content (AvgIpc) is 2.93. The highest BCUT2D eigenvalue weighted by Gasteiger charge is 2.16. The Morgan fingerprint density at radius 2 is 2.14 bits per heavy atom. The molecule has 0 amide bonds. The molecule has 0 unspecified atom stereocenters. The van der Waals surface area contributed by atoms with Crippen LogP contribution in [0.15, 0.2) is 47.2 Å². The lowest BCUT2D eigenvalue weighted by atomic mass is 10.1. The fraction of sp³-hybridized carbons (Fsp3) is 0.176. The minimum Gasteiger partial charge on any atom is -0.465 e. The topological polar surface area (TPSA) is 46.0 Å². The molecule has 0 aliphatic rings. The van der Waals surface area contributed by atoms with Gasteiger partial charge in [-0.2, -0.15) is 0 Å². The maximum atomic E-state index is 11.6. The van der Waals surface area contributed by atoms with Crippen molar-refractivity contribution >= 4 is 32.8 Å². The molecule has 4 nitrogen and oxygen atoms in total. The Balaban J connectivity index is 1.97. The highest BCUT2D eigenvalue weighted by atomic mass is 79.9. The number of esters is 1. The van der Waals surface area contributed by atoms with Gasteiger partial charge in [0.25, 0.3) is 0 Å². The molecule has 0 fully saturated rings. The predicted molar refractivity (Wildman–Crippen MR) is 87.8 cm³/mol. The first-order valence-corrected chi connectivity index (χ1v) is 7.71. The van der Waals surface area contributed by atoms with E-state index < -0.39 is 0 Å². The lowest BCUT2D eigenvalue weighted by molar-refractivity contribution is -0.678. The Kier molecular flexibility index (Phi) is 3.98. The summed E-state index contributed by atoms with van der Waals surface area (Å²) in [6, 6.07) is 9.87. The van der Waals surface area contributed by atoms with Crippen molar-refractivity contribution in [1.29, 1.82) is 0 Å². The molecule has 1 N–H and O–H groups in total. The monoisotopic (exact) mass is 359 g/mol. The van der Waals surface area contributed by atoms with E-state index in [1.54, 1.807) is 12.3 Å². The predicted octanol–water partition coefficient (Wildman–Crippen LogP) is 3.13. The van der Waals surface area contributed by atoms with E-state index in [4.69, 9.17) is 4.74 Å². The Morgan fingerprint density at radius 1 is 1.32 bits per heavy atom. The van der Waals surface area contributed by atoms with Gasteiger partial charge in [-0.1, -0.05) is 22.0 Å². The van der Waals surface area contributed by atoms with Gasteiger partial charge in [-0.05, 0) is 23.8 Å². The van der Waals surface area contributed by atoms with Crippen molar-refractivity contribution in [2.75, 3.05) is 7.11 Å². The lowest BCUT2D eigenvalue weighted by Gasteiger charge is -2.03. The van der Waals surface area contributed by atoms with Crippen LogP contribution in [0.1, 0.15) is 21.6 Å². The number of aromatic nitrogens is 2. The zero-order chi connectivity index (χ0) is 15.7. The number of fused-ring (bicyclic) bond motifs is 1. The van der Waals surface area contributed by atoms with Crippen LogP contribution in [0.5, 0.6) is 0 Å². The third-order valence-electron chi connectivity index (χ3n) is 3.77. The van der Waals surface area contributed by atoms with E-state index in [0.717, 1.165) is 22.1 Å². The number of halogens is 1. The minimum absolute atomic E-state index is 0.322. The molecule has 0 aliphatic carbocycles. The number of hydrogen-bond acceptors (Lipinski definition) is 2. The fourth-order valence-electron chi connectivity index (χ4n) is 2.60. The van der Waals surface area contributed by atoms with Crippen molar-refractivity contribution in [2.45, 2.75) is 6.42 Å². The molecule has 0 radical (unpaired) electrons. The number of ether oxygens (including phenoxy) is 1. The molecule has 0 saturated carbocycles. The van der Waals surface area contributed by atoms with Crippen LogP contribution < -0.4 is 4.57 Å². The summed E-state index contributed by atoms with van der Waals surface area (Å²) in [4.78, 5) is 14.9. The normalized spacial score (nSPS) is 10.9. The largest absolute Gasteiger partial charge is 0.465 e. The first kappa shape index (κ1) is 14.8. The van der Waals surface area contributed by atoms with E-state index in [0.29, 0.717) is 5.56 Å². The van der Waals surface area contributed by atoms with E-state index in [2.05, 4.69) is 27.0 Å². The van der Waals surface area contributed by atoms with E-state index in [1.165, 1.54) is 18.1 Å².